The molecular formula is C40H24O. The second kappa shape index (κ2) is 8.55. The molecule has 8 aromatic carbocycles. The van der Waals surface area contributed by atoms with Crippen molar-refractivity contribution >= 4 is 65.0 Å². The van der Waals surface area contributed by atoms with Gasteiger partial charge in [-0.25, -0.2) is 0 Å². The van der Waals surface area contributed by atoms with Gasteiger partial charge in [0.1, 0.15) is 11.2 Å². The summed E-state index contributed by atoms with van der Waals surface area (Å²) in [6.07, 6.45) is 0. The van der Waals surface area contributed by atoms with Gasteiger partial charge in [-0.05, 0) is 102 Å². The Morgan fingerprint density at radius 1 is 0.415 bits per heavy atom. The van der Waals surface area contributed by atoms with Crippen LogP contribution in [0.3, 0.4) is 0 Å². The molecule has 1 heteroatoms. The zero-order chi connectivity index (χ0) is 36.5. The summed E-state index contributed by atoms with van der Waals surface area (Å²) < 4.78 is 103. The van der Waals surface area contributed by atoms with Crippen molar-refractivity contribution in [2.75, 3.05) is 0 Å². The van der Waals surface area contributed by atoms with Crippen LogP contribution in [0.5, 0.6) is 0 Å². The molecule has 0 unspecified atom stereocenters. The van der Waals surface area contributed by atoms with Gasteiger partial charge >= 0.3 is 0 Å². The summed E-state index contributed by atoms with van der Waals surface area (Å²) in [6.45, 7) is 0. The number of rotatable bonds is 2. The predicted octanol–water partition coefficient (Wildman–Crippen LogP) is 11.5. The molecule has 0 aliphatic heterocycles. The molecule has 0 saturated heterocycles. The zero-order valence-corrected chi connectivity index (χ0v) is 21.4. The molecule has 0 aliphatic rings. The van der Waals surface area contributed by atoms with E-state index in [0.29, 0.717) is 22.1 Å². The SMILES string of the molecule is [2H]c1c([2H])c([2H])c2c([2H])c3c(c([2H])c([2H])c4c([2H])c([2H])c([2H])c([2H])c43)c(-c3ccc4oc5cc6cc(-c7ccccc7)ccc6cc5c4c3)c2c1[2H]. The topological polar surface area (TPSA) is 13.1 Å². The molecule has 0 fully saturated rings. The summed E-state index contributed by atoms with van der Waals surface area (Å²) in [5.41, 5.74) is 3.90. The number of benzene rings is 8. The van der Waals surface area contributed by atoms with Gasteiger partial charge < -0.3 is 4.42 Å². The molecule has 0 atom stereocenters. The first kappa shape index (κ1) is 14.3. The molecule has 41 heavy (non-hydrogen) atoms. The van der Waals surface area contributed by atoms with Crippen LogP contribution in [0.15, 0.2) is 150 Å². The van der Waals surface area contributed by atoms with Gasteiger partial charge in [-0.3, -0.25) is 0 Å². The van der Waals surface area contributed by atoms with E-state index < -0.39 is 66.5 Å². The van der Waals surface area contributed by atoms with Gasteiger partial charge in [-0.2, -0.15) is 0 Å². The predicted molar refractivity (Wildman–Crippen MR) is 175 cm³/mol. The van der Waals surface area contributed by atoms with Gasteiger partial charge in [0.2, 0.25) is 0 Å². The van der Waals surface area contributed by atoms with E-state index in [-0.39, 0.29) is 37.9 Å². The van der Waals surface area contributed by atoms with E-state index >= 15 is 0 Å². The minimum Gasteiger partial charge on any atom is -0.456 e. The van der Waals surface area contributed by atoms with Gasteiger partial charge in [0.05, 0.1) is 15.1 Å². The fraction of sp³-hybridized carbons (Fsp3) is 0. The smallest absolute Gasteiger partial charge is 0.136 e. The van der Waals surface area contributed by atoms with Crippen molar-refractivity contribution in [3.63, 3.8) is 0 Å². The molecule has 0 saturated carbocycles. The van der Waals surface area contributed by atoms with E-state index in [9.17, 15) is 2.74 Å². The lowest BCUT2D eigenvalue weighted by atomic mass is 9.89. The lowest BCUT2D eigenvalue weighted by Crippen LogP contribution is -1.87. The maximum absolute atomic E-state index is 9.34. The second-order valence-electron chi connectivity index (χ2n) is 10.1. The minimum absolute atomic E-state index is 0.0175. The Kier molecular flexibility index (Phi) is 2.98. The third kappa shape index (κ3) is 3.43. The average molecular weight is 532 g/mol. The first-order valence-electron chi connectivity index (χ1n) is 18.7. The second-order valence-corrected chi connectivity index (χ2v) is 10.1. The summed E-state index contributed by atoms with van der Waals surface area (Å²) in [5.74, 6) is 0. The number of furan rings is 1. The Hall–Kier alpha value is -5.40. The Morgan fingerprint density at radius 3 is 2.10 bits per heavy atom. The van der Waals surface area contributed by atoms with Crippen LogP contribution < -0.4 is 0 Å². The molecule has 0 N–H and O–H groups in total. The molecule has 1 nitrogen and oxygen atoms in total. The first-order valence-corrected chi connectivity index (χ1v) is 13.2. The third-order valence-corrected chi connectivity index (χ3v) is 7.76. The molecule has 0 aliphatic carbocycles. The van der Waals surface area contributed by atoms with Gasteiger partial charge in [0, 0.05) is 10.8 Å². The summed E-state index contributed by atoms with van der Waals surface area (Å²) in [6, 6.07) is 19.9. The van der Waals surface area contributed by atoms with Crippen LogP contribution in [0.25, 0.3) is 87.3 Å². The van der Waals surface area contributed by atoms with Gasteiger partial charge in [-0.1, -0.05) is 109 Å². The van der Waals surface area contributed by atoms with E-state index in [1.54, 1.807) is 18.2 Å². The lowest BCUT2D eigenvalue weighted by Gasteiger charge is -2.14. The highest BCUT2D eigenvalue weighted by atomic mass is 16.3. The van der Waals surface area contributed by atoms with Crippen molar-refractivity contribution in [2.24, 2.45) is 0 Å². The minimum atomic E-state index is -0.583. The van der Waals surface area contributed by atoms with Crippen LogP contribution in [-0.2, 0) is 0 Å². The van der Waals surface area contributed by atoms with Crippen LogP contribution in [0.1, 0.15) is 15.1 Å². The number of hydrogen-bond donors (Lipinski definition) is 0. The van der Waals surface area contributed by atoms with E-state index in [0.717, 1.165) is 27.3 Å². The average Bonchev–Trinajstić information content (AvgIpc) is 3.51. The summed E-state index contributed by atoms with van der Waals surface area (Å²) >= 11 is 0. The monoisotopic (exact) mass is 531 g/mol. The molecule has 0 spiro atoms. The standard InChI is InChI=1S/C40H24O/c1-2-8-25(9-3-1)27-14-15-28-21-37-36-23-30(17-19-38(36)41-39(37)24-31(28)20-27)40-33-13-7-5-11-29(33)22-35-32-12-6-4-10-26(32)16-18-34(35)40/h1-24H/i4D,5D,6D,7D,10D,11D,12D,13D,16D,18D,22D. The highest BCUT2D eigenvalue weighted by Crippen LogP contribution is 2.42. The molecular weight excluding hydrogens is 496 g/mol. The highest BCUT2D eigenvalue weighted by Gasteiger charge is 2.15. The van der Waals surface area contributed by atoms with Crippen molar-refractivity contribution in [1.82, 2.24) is 0 Å². The Balaban J connectivity index is 1.43. The fourth-order valence-electron chi connectivity index (χ4n) is 5.84. The van der Waals surface area contributed by atoms with Gasteiger partial charge in [0.25, 0.3) is 0 Å². The van der Waals surface area contributed by atoms with Crippen LogP contribution in [-0.4, -0.2) is 0 Å². The van der Waals surface area contributed by atoms with E-state index in [1.807, 2.05) is 48.5 Å². The van der Waals surface area contributed by atoms with Crippen molar-refractivity contribution < 1.29 is 19.5 Å². The van der Waals surface area contributed by atoms with Crippen LogP contribution in [0, 0.1) is 0 Å². The van der Waals surface area contributed by atoms with E-state index in [4.69, 9.17) is 16.8 Å². The van der Waals surface area contributed by atoms with Crippen LogP contribution in [0.4, 0.5) is 0 Å². The molecule has 0 bridgehead atoms. The summed E-state index contributed by atoms with van der Waals surface area (Å²) in [5, 5.41) is 2.75. The molecule has 1 heterocycles. The van der Waals surface area contributed by atoms with E-state index in [2.05, 4.69) is 12.1 Å². The summed E-state index contributed by atoms with van der Waals surface area (Å²) in [7, 11) is 0. The molecule has 190 valence electrons. The zero-order valence-electron chi connectivity index (χ0n) is 32.4. The van der Waals surface area contributed by atoms with Crippen molar-refractivity contribution in [3.05, 3.63) is 145 Å². The highest BCUT2D eigenvalue weighted by molar-refractivity contribution is 6.21. The quantitative estimate of drug-likeness (QED) is 0.160. The molecule has 9 aromatic rings. The molecule has 1 aromatic heterocycles. The van der Waals surface area contributed by atoms with Crippen LogP contribution in [0.2, 0.25) is 0 Å². The largest absolute Gasteiger partial charge is 0.456 e. The molecule has 0 radical (unpaired) electrons. The van der Waals surface area contributed by atoms with Crippen molar-refractivity contribution in [1.29, 1.82) is 0 Å². The number of hydrogen-bond acceptors (Lipinski definition) is 1. The maximum atomic E-state index is 9.34. The number of fused-ring (bicyclic) bond motifs is 8. The summed E-state index contributed by atoms with van der Waals surface area (Å²) in [4.78, 5) is 0. The first-order chi connectivity index (χ1) is 24.9. The van der Waals surface area contributed by atoms with Crippen LogP contribution >= 0.6 is 0 Å². The lowest BCUT2D eigenvalue weighted by molar-refractivity contribution is 0.669. The molecule has 0 amide bonds. The Labute approximate surface area is 252 Å². The maximum Gasteiger partial charge on any atom is 0.136 e. The fourth-order valence-corrected chi connectivity index (χ4v) is 5.84. The van der Waals surface area contributed by atoms with E-state index in [1.165, 1.54) is 0 Å². The van der Waals surface area contributed by atoms with Crippen molar-refractivity contribution in [3.8, 4) is 22.3 Å². The van der Waals surface area contributed by atoms with Crippen molar-refractivity contribution in [2.45, 2.75) is 0 Å². The normalized spacial score (nSPS) is 15.7. The molecule has 9 rings (SSSR count). The third-order valence-electron chi connectivity index (χ3n) is 7.76. The van der Waals surface area contributed by atoms with Gasteiger partial charge in [-0.15, -0.1) is 0 Å². The van der Waals surface area contributed by atoms with Gasteiger partial charge in [0.15, 0.2) is 0 Å². The Bertz CT molecular complexity index is 3080. The Morgan fingerprint density at radius 2 is 1.20 bits per heavy atom.